The number of nitrogens with one attached hydrogen (secondary N) is 1. The van der Waals surface area contributed by atoms with E-state index in [1.54, 1.807) is 12.3 Å². The molecule has 0 atom stereocenters. The Bertz CT molecular complexity index is 594. The number of halogens is 2. The molecule has 0 spiro atoms. The highest BCUT2D eigenvalue weighted by Crippen LogP contribution is 2.24. The number of ether oxygens (including phenoxy) is 1. The molecular weight excluding hydrogens is 274 g/mol. The second-order valence-corrected chi connectivity index (χ2v) is 4.72. The molecule has 112 valence electrons. The first-order valence-corrected chi connectivity index (χ1v) is 6.83. The van der Waals surface area contributed by atoms with Crippen LogP contribution < -0.4 is 10.1 Å². The second-order valence-electron chi connectivity index (χ2n) is 4.72. The van der Waals surface area contributed by atoms with Gasteiger partial charge in [0.15, 0.2) is 17.4 Å². The van der Waals surface area contributed by atoms with Crippen molar-refractivity contribution in [3.05, 3.63) is 58.9 Å². The zero-order valence-corrected chi connectivity index (χ0v) is 12.1. The van der Waals surface area contributed by atoms with Crippen LogP contribution in [-0.4, -0.2) is 11.5 Å². The van der Waals surface area contributed by atoms with Crippen molar-refractivity contribution in [2.24, 2.45) is 0 Å². The first-order chi connectivity index (χ1) is 10.1. The van der Waals surface area contributed by atoms with Crippen LogP contribution in [-0.2, 0) is 13.2 Å². The van der Waals surface area contributed by atoms with E-state index in [0.29, 0.717) is 17.8 Å². The predicted molar refractivity (Wildman–Crippen MR) is 77.0 cm³/mol. The maximum atomic E-state index is 13.9. The van der Waals surface area contributed by atoms with E-state index >= 15 is 0 Å². The van der Waals surface area contributed by atoms with Crippen LogP contribution >= 0.6 is 0 Å². The minimum absolute atomic E-state index is 0.0348. The van der Waals surface area contributed by atoms with E-state index in [9.17, 15) is 8.78 Å². The zero-order chi connectivity index (χ0) is 15.2. The van der Waals surface area contributed by atoms with E-state index < -0.39 is 11.6 Å². The first kappa shape index (κ1) is 15.4. The van der Waals surface area contributed by atoms with Crippen molar-refractivity contribution in [3.63, 3.8) is 0 Å². The lowest BCUT2D eigenvalue weighted by Crippen LogP contribution is -2.12. The van der Waals surface area contributed by atoms with Gasteiger partial charge in [-0.15, -0.1) is 0 Å². The van der Waals surface area contributed by atoms with E-state index in [1.807, 2.05) is 19.9 Å². The molecular formula is C16H18F2N2O. The van der Waals surface area contributed by atoms with Gasteiger partial charge >= 0.3 is 0 Å². The maximum Gasteiger partial charge on any atom is 0.191 e. The predicted octanol–water partition coefficient (Wildman–Crippen LogP) is 3.36. The quantitative estimate of drug-likeness (QED) is 0.886. The van der Waals surface area contributed by atoms with Crippen LogP contribution in [0.4, 0.5) is 8.78 Å². The summed E-state index contributed by atoms with van der Waals surface area (Å²) >= 11 is 0. The van der Waals surface area contributed by atoms with E-state index in [1.165, 1.54) is 12.1 Å². The molecule has 2 rings (SSSR count). The summed E-state index contributed by atoms with van der Waals surface area (Å²) in [6, 6.07) is 6.24. The standard InChI is InChI=1S/C16H18F2N2O/c1-3-19-9-12-7-13(17)16(14(18)8-12)21-10-15-11(2)5-4-6-20-15/h4-8,19H,3,9-10H2,1-2H3. The molecule has 0 aliphatic rings. The smallest absolute Gasteiger partial charge is 0.191 e. The SMILES string of the molecule is CCNCc1cc(F)c(OCc2ncccc2C)c(F)c1. The summed E-state index contributed by atoms with van der Waals surface area (Å²) in [6.45, 7) is 4.99. The summed E-state index contributed by atoms with van der Waals surface area (Å²) in [5.41, 5.74) is 2.13. The summed E-state index contributed by atoms with van der Waals surface area (Å²) in [5, 5.41) is 3.02. The number of nitrogens with zero attached hydrogens (tertiary/aromatic N) is 1. The molecule has 0 fully saturated rings. The lowest BCUT2D eigenvalue weighted by atomic mass is 10.2. The van der Waals surface area contributed by atoms with Gasteiger partial charge in [-0.05, 0) is 42.8 Å². The largest absolute Gasteiger partial charge is 0.481 e. The third-order valence-electron chi connectivity index (χ3n) is 3.11. The van der Waals surface area contributed by atoms with E-state index in [-0.39, 0.29) is 12.4 Å². The highest BCUT2D eigenvalue weighted by Gasteiger charge is 2.13. The summed E-state index contributed by atoms with van der Waals surface area (Å²) in [4.78, 5) is 4.13. The fraction of sp³-hybridized carbons (Fsp3) is 0.312. The third-order valence-corrected chi connectivity index (χ3v) is 3.11. The molecule has 0 saturated carbocycles. The van der Waals surface area contributed by atoms with E-state index in [2.05, 4.69) is 10.3 Å². The van der Waals surface area contributed by atoms with Gasteiger partial charge in [-0.2, -0.15) is 0 Å². The number of hydrogen-bond donors (Lipinski definition) is 1. The third kappa shape index (κ3) is 3.98. The average Bonchev–Trinajstić information content (AvgIpc) is 2.46. The molecule has 0 radical (unpaired) electrons. The lowest BCUT2D eigenvalue weighted by molar-refractivity contribution is 0.269. The number of pyridine rings is 1. The molecule has 0 amide bonds. The van der Waals surface area contributed by atoms with Crippen molar-refractivity contribution < 1.29 is 13.5 Å². The molecule has 1 aromatic heterocycles. The van der Waals surface area contributed by atoms with Crippen LogP contribution in [0.1, 0.15) is 23.7 Å². The van der Waals surface area contributed by atoms with Gasteiger partial charge in [0, 0.05) is 12.7 Å². The van der Waals surface area contributed by atoms with Gasteiger partial charge in [-0.25, -0.2) is 8.78 Å². The van der Waals surface area contributed by atoms with Crippen LogP contribution in [0.15, 0.2) is 30.5 Å². The molecule has 1 N–H and O–H groups in total. The van der Waals surface area contributed by atoms with Gasteiger partial charge in [0.2, 0.25) is 0 Å². The van der Waals surface area contributed by atoms with Crippen molar-refractivity contribution in [3.8, 4) is 5.75 Å². The molecule has 21 heavy (non-hydrogen) atoms. The Balaban J connectivity index is 2.12. The van der Waals surface area contributed by atoms with E-state index in [4.69, 9.17) is 4.74 Å². The molecule has 2 aromatic rings. The molecule has 3 nitrogen and oxygen atoms in total. The Kier molecular flexibility index (Phi) is 5.22. The monoisotopic (exact) mass is 292 g/mol. The van der Waals surface area contributed by atoms with Gasteiger partial charge < -0.3 is 10.1 Å². The average molecular weight is 292 g/mol. The number of hydrogen-bond acceptors (Lipinski definition) is 3. The highest BCUT2D eigenvalue weighted by atomic mass is 19.1. The molecule has 1 aromatic carbocycles. The minimum atomic E-state index is -0.698. The van der Waals surface area contributed by atoms with Crippen molar-refractivity contribution in [2.75, 3.05) is 6.54 Å². The molecule has 0 aliphatic heterocycles. The molecule has 0 saturated heterocycles. The Morgan fingerprint density at radius 3 is 2.57 bits per heavy atom. The van der Waals surface area contributed by atoms with Gasteiger partial charge in [0.1, 0.15) is 6.61 Å². The van der Waals surface area contributed by atoms with Crippen LogP contribution in [0.5, 0.6) is 5.75 Å². The first-order valence-electron chi connectivity index (χ1n) is 6.83. The van der Waals surface area contributed by atoms with Gasteiger partial charge in [-0.3, -0.25) is 4.98 Å². The minimum Gasteiger partial charge on any atom is -0.481 e. The number of rotatable bonds is 6. The Morgan fingerprint density at radius 1 is 1.24 bits per heavy atom. The fourth-order valence-corrected chi connectivity index (χ4v) is 1.93. The Hall–Kier alpha value is -2.01. The molecule has 0 unspecified atom stereocenters. The summed E-state index contributed by atoms with van der Waals surface area (Å²) in [7, 11) is 0. The number of aryl methyl sites for hydroxylation is 1. The van der Waals surface area contributed by atoms with Gasteiger partial charge in [0.05, 0.1) is 5.69 Å². The van der Waals surface area contributed by atoms with Crippen LogP contribution in [0, 0.1) is 18.6 Å². The molecule has 0 aliphatic carbocycles. The molecule has 0 bridgehead atoms. The van der Waals surface area contributed by atoms with Gasteiger partial charge in [0.25, 0.3) is 0 Å². The van der Waals surface area contributed by atoms with Crippen molar-refractivity contribution in [1.82, 2.24) is 10.3 Å². The normalized spacial score (nSPS) is 10.7. The summed E-state index contributed by atoms with van der Waals surface area (Å²) in [5.74, 6) is -1.76. The van der Waals surface area contributed by atoms with Crippen molar-refractivity contribution in [1.29, 1.82) is 0 Å². The number of aromatic nitrogens is 1. The lowest BCUT2D eigenvalue weighted by Gasteiger charge is -2.11. The topological polar surface area (TPSA) is 34.1 Å². The fourth-order valence-electron chi connectivity index (χ4n) is 1.93. The van der Waals surface area contributed by atoms with Crippen LogP contribution in [0.2, 0.25) is 0 Å². The molecule has 1 heterocycles. The molecule has 5 heteroatoms. The number of benzene rings is 1. The van der Waals surface area contributed by atoms with E-state index in [0.717, 1.165) is 12.1 Å². The maximum absolute atomic E-state index is 13.9. The summed E-state index contributed by atoms with van der Waals surface area (Å²) in [6.07, 6.45) is 1.62. The Morgan fingerprint density at radius 2 is 1.95 bits per heavy atom. The second kappa shape index (κ2) is 7.13. The van der Waals surface area contributed by atoms with Gasteiger partial charge in [-0.1, -0.05) is 13.0 Å². The highest BCUT2D eigenvalue weighted by molar-refractivity contribution is 5.31. The van der Waals surface area contributed by atoms with Crippen LogP contribution in [0.3, 0.4) is 0 Å². The van der Waals surface area contributed by atoms with Crippen molar-refractivity contribution >= 4 is 0 Å². The summed E-state index contributed by atoms with van der Waals surface area (Å²) < 4.78 is 33.1. The van der Waals surface area contributed by atoms with Crippen LogP contribution in [0.25, 0.3) is 0 Å². The zero-order valence-electron chi connectivity index (χ0n) is 12.1. The van der Waals surface area contributed by atoms with Crippen molar-refractivity contribution in [2.45, 2.75) is 27.0 Å². The Labute approximate surface area is 123 Å².